The van der Waals surface area contributed by atoms with Crippen molar-refractivity contribution in [3.05, 3.63) is 79.0 Å². The summed E-state index contributed by atoms with van der Waals surface area (Å²) in [5, 5.41) is 2.26. The minimum absolute atomic E-state index is 0. The van der Waals surface area contributed by atoms with Crippen molar-refractivity contribution in [3.8, 4) is 5.13 Å². The number of hydrogen-bond acceptors (Lipinski definition) is 3. The maximum absolute atomic E-state index is 4.81. The number of rotatable bonds is 3. The molecule has 6 heteroatoms. The van der Waals surface area contributed by atoms with Crippen molar-refractivity contribution >= 4 is 44.9 Å². The molecule has 4 nitrogen and oxygen atoms in total. The number of fused-ring (bicyclic) bond motifs is 2. The monoisotopic (exact) mass is 366 g/mol. The van der Waals surface area contributed by atoms with Gasteiger partial charge in [-0.2, -0.15) is 0 Å². The summed E-state index contributed by atoms with van der Waals surface area (Å²) in [6, 6.07) is 16.8. The standard InChI is InChI=1S/C19H14N4S.ClH/c1-3-7-17-15(5-1)14(11-22-10-9-20-13-22)12-23(17)19-21-16-6-2-4-8-18(16)24-19;/h1-10,12-13H,11H2;1H. The molecule has 0 unspecified atom stereocenters. The van der Waals surface area contributed by atoms with E-state index >= 15 is 0 Å². The first-order valence-corrected chi connectivity index (χ1v) is 8.61. The fourth-order valence-corrected chi connectivity index (χ4v) is 4.03. The van der Waals surface area contributed by atoms with E-state index in [1.807, 2.05) is 24.8 Å². The Kier molecular flexibility index (Phi) is 4.03. The molecule has 0 radical (unpaired) electrons. The van der Waals surface area contributed by atoms with Crippen LogP contribution in [0.2, 0.25) is 0 Å². The van der Waals surface area contributed by atoms with Crippen LogP contribution in [0, 0.1) is 0 Å². The number of para-hydroxylation sites is 2. The van der Waals surface area contributed by atoms with Gasteiger partial charge in [0, 0.05) is 24.0 Å². The molecule has 0 saturated carbocycles. The first-order valence-electron chi connectivity index (χ1n) is 7.79. The van der Waals surface area contributed by atoms with Crippen LogP contribution in [-0.2, 0) is 6.54 Å². The summed E-state index contributed by atoms with van der Waals surface area (Å²) in [7, 11) is 0. The number of benzene rings is 2. The lowest BCUT2D eigenvalue weighted by atomic mass is 10.2. The molecule has 0 spiro atoms. The normalized spacial score (nSPS) is 11.0. The van der Waals surface area contributed by atoms with E-state index in [4.69, 9.17) is 4.98 Å². The number of thiazole rings is 1. The Hall–Kier alpha value is -2.63. The summed E-state index contributed by atoms with van der Waals surface area (Å²) < 4.78 is 5.50. The number of nitrogens with zero attached hydrogens (tertiary/aromatic N) is 4. The van der Waals surface area contributed by atoms with Crippen LogP contribution < -0.4 is 0 Å². The number of halogens is 1. The Morgan fingerprint density at radius 3 is 2.68 bits per heavy atom. The zero-order valence-corrected chi connectivity index (χ0v) is 14.9. The number of hydrogen-bond donors (Lipinski definition) is 0. The van der Waals surface area contributed by atoms with Crippen molar-refractivity contribution in [2.75, 3.05) is 0 Å². The summed E-state index contributed by atoms with van der Waals surface area (Å²) >= 11 is 1.72. The molecule has 0 amide bonds. The number of imidazole rings is 1. The molecule has 3 aromatic heterocycles. The van der Waals surface area contributed by atoms with E-state index in [2.05, 4.69) is 62.8 Å². The van der Waals surface area contributed by atoms with Gasteiger partial charge in [0.2, 0.25) is 0 Å². The second-order valence-corrected chi connectivity index (χ2v) is 6.75. The summed E-state index contributed by atoms with van der Waals surface area (Å²) in [5.41, 5.74) is 3.50. The summed E-state index contributed by atoms with van der Waals surface area (Å²) in [6.45, 7) is 0.804. The third kappa shape index (κ3) is 2.71. The van der Waals surface area contributed by atoms with Gasteiger partial charge in [0.15, 0.2) is 5.13 Å². The maximum atomic E-state index is 4.81. The predicted octanol–water partition coefficient (Wildman–Crippen LogP) is 4.91. The van der Waals surface area contributed by atoms with Crippen molar-refractivity contribution in [2.45, 2.75) is 6.54 Å². The van der Waals surface area contributed by atoms with Crippen molar-refractivity contribution in [1.82, 2.24) is 19.1 Å². The molecule has 0 saturated heterocycles. The third-order valence-corrected chi connectivity index (χ3v) is 5.23. The lowest BCUT2D eigenvalue weighted by molar-refractivity contribution is 0.800. The molecule has 0 bridgehead atoms. The van der Waals surface area contributed by atoms with Gasteiger partial charge >= 0.3 is 0 Å². The molecule has 0 aliphatic heterocycles. The molecule has 25 heavy (non-hydrogen) atoms. The van der Waals surface area contributed by atoms with Crippen LogP contribution in [0.25, 0.3) is 26.3 Å². The Bertz CT molecular complexity index is 1110. The lowest BCUT2D eigenvalue weighted by Crippen LogP contribution is -1.95. The summed E-state index contributed by atoms with van der Waals surface area (Å²) in [4.78, 5) is 8.94. The van der Waals surface area contributed by atoms with Crippen molar-refractivity contribution in [3.63, 3.8) is 0 Å². The van der Waals surface area contributed by atoms with Gasteiger partial charge in [-0.1, -0.05) is 41.7 Å². The highest BCUT2D eigenvalue weighted by molar-refractivity contribution is 7.20. The van der Waals surface area contributed by atoms with Crippen LogP contribution in [0.5, 0.6) is 0 Å². The third-order valence-electron chi connectivity index (χ3n) is 4.20. The van der Waals surface area contributed by atoms with E-state index in [-0.39, 0.29) is 12.4 Å². The van der Waals surface area contributed by atoms with Crippen LogP contribution in [0.15, 0.2) is 73.4 Å². The fourth-order valence-electron chi connectivity index (χ4n) is 3.07. The highest BCUT2D eigenvalue weighted by atomic mass is 35.5. The molecular formula is C19H15ClN4S. The van der Waals surface area contributed by atoms with Crippen molar-refractivity contribution in [2.24, 2.45) is 0 Å². The molecule has 124 valence electrons. The van der Waals surface area contributed by atoms with Crippen molar-refractivity contribution < 1.29 is 0 Å². The van der Waals surface area contributed by atoms with Crippen LogP contribution in [0.1, 0.15) is 5.56 Å². The van der Waals surface area contributed by atoms with Crippen LogP contribution in [-0.4, -0.2) is 19.1 Å². The predicted molar refractivity (Wildman–Crippen MR) is 105 cm³/mol. The zero-order chi connectivity index (χ0) is 15.9. The molecule has 0 aliphatic rings. The first kappa shape index (κ1) is 15.9. The molecule has 3 heterocycles. The fraction of sp³-hybridized carbons (Fsp3) is 0.0526. The molecule has 5 rings (SSSR count). The van der Waals surface area contributed by atoms with Gasteiger partial charge in [-0.05, 0) is 23.8 Å². The maximum Gasteiger partial charge on any atom is 0.195 e. The molecule has 2 aromatic carbocycles. The van der Waals surface area contributed by atoms with Crippen LogP contribution >= 0.6 is 23.7 Å². The molecule has 5 aromatic rings. The first-order chi connectivity index (χ1) is 11.9. The van der Waals surface area contributed by atoms with Gasteiger partial charge < -0.3 is 4.57 Å². The minimum Gasteiger partial charge on any atom is -0.333 e. The Morgan fingerprint density at radius 1 is 1.00 bits per heavy atom. The Morgan fingerprint density at radius 2 is 1.84 bits per heavy atom. The summed E-state index contributed by atoms with van der Waals surface area (Å²) in [5.74, 6) is 0. The van der Waals surface area contributed by atoms with E-state index in [0.29, 0.717) is 0 Å². The highest BCUT2D eigenvalue weighted by Crippen LogP contribution is 2.30. The SMILES string of the molecule is Cl.c1ccc2sc(-n3cc(Cn4ccnc4)c4ccccc43)nc2c1. The van der Waals surface area contributed by atoms with Crippen molar-refractivity contribution in [1.29, 1.82) is 0 Å². The van der Waals surface area contributed by atoms with Gasteiger partial charge in [-0.25, -0.2) is 9.97 Å². The smallest absolute Gasteiger partial charge is 0.195 e. The average Bonchev–Trinajstić information content (AvgIpc) is 3.33. The van der Waals surface area contributed by atoms with Gasteiger partial charge in [0.1, 0.15) is 0 Å². The van der Waals surface area contributed by atoms with Crippen LogP contribution in [0.4, 0.5) is 0 Å². The zero-order valence-electron chi connectivity index (χ0n) is 13.2. The van der Waals surface area contributed by atoms with E-state index in [9.17, 15) is 0 Å². The minimum atomic E-state index is 0. The molecule has 0 atom stereocenters. The van der Waals surface area contributed by atoms with Gasteiger partial charge in [-0.3, -0.25) is 4.57 Å². The summed E-state index contributed by atoms with van der Waals surface area (Å²) in [6.07, 6.45) is 7.85. The number of aromatic nitrogens is 4. The van der Waals surface area contributed by atoms with E-state index in [0.717, 1.165) is 17.2 Å². The van der Waals surface area contributed by atoms with E-state index in [1.54, 1.807) is 11.3 Å². The second kappa shape index (κ2) is 6.35. The van der Waals surface area contributed by atoms with E-state index < -0.39 is 0 Å². The Balaban J connectivity index is 0.00000157. The second-order valence-electron chi connectivity index (χ2n) is 5.74. The molecule has 0 aliphatic carbocycles. The van der Waals surface area contributed by atoms with Gasteiger partial charge in [0.25, 0.3) is 0 Å². The van der Waals surface area contributed by atoms with Crippen LogP contribution in [0.3, 0.4) is 0 Å². The highest BCUT2D eigenvalue weighted by Gasteiger charge is 2.13. The van der Waals surface area contributed by atoms with Gasteiger partial charge in [-0.15, -0.1) is 12.4 Å². The quantitative estimate of drug-likeness (QED) is 0.455. The van der Waals surface area contributed by atoms with Gasteiger partial charge in [0.05, 0.1) is 28.6 Å². The molecule has 0 N–H and O–H groups in total. The molecular weight excluding hydrogens is 352 g/mol. The molecule has 0 fully saturated rings. The topological polar surface area (TPSA) is 35.6 Å². The Labute approximate surface area is 154 Å². The average molecular weight is 367 g/mol. The van der Waals surface area contributed by atoms with E-state index in [1.165, 1.54) is 21.2 Å². The largest absolute Gasteiger partial charge is 0.333 e. The lowest BCUT2D eigenvalue weighted by Gasteiger charge is -1.99.